The zero-order valence-corrected chi connectivity index (χ0v) is 32.6. The number of benzene rings is 2. The van der Waals surface area contributed by atoms with E-state index in [0.29, 0.717) is 16.8 Å². The molecule has 0 atom stereocenters. The third kappa shape index (κ3) is 9.81. The number of carbonyl (C=O) groups excluding carboxylic acids is 3. The third-order valence-corrected chi connectivity index (χ3v) is 8.86. The van der Waals surface area contributed by atoms with Crippen LogP contribution in [0.3, 0.4) is 0 Å². The highest BCUT2D eigenvalue weighted by Gasteiger charge is 2.32. The molecule has 3 heterocycles. The van der Waals surface area contributed by atoms with Crippen molar-refractivity contribution in [2.45, 2.75) is 97.4 Å². The van der Waals surface area contributed by atoms with Crippen LogP contribution in [-0.4, -0.2) is 58.4 Å². The number of esters is 3. The molecule has 2 N–H and O–H groups in total. The number of carbonyl (C=O) groups is 3. The van der Waals surface area contributed by atoms with Crippen molar-refractivity contribution < 1.29 is 33.0 Å². The van der Waals surface area contributed by atoms with Gasteiger partial charge in [0.25, 0.3) is 5.56 Å². The lowest BCUT2D eigenvalue weighted by Gasteiger charge is -2.23. The van der Waals surface area contributed by atoms with Gasteiger partial charge in [0, 0.05) is 37.0 Å². The summed E-state index contributed by atoms with van der Waals surface area (Å²) in [5.41, 5.74) is 6.38. The van der Waals surface area contributed by atoms with Gasteiger partial charge in [-0.25, -0.2) is 9.37 Å². The van der Waals surface area contributed by atoms with Crippen molar-refractivity contribution in [2.24, 2.45) is 13.0 Å². The molecule has 1 saturated carbocycles. The summed E-state index contributed by atoms with van der Waals surface area (Å²) in [5.74, 6) is -3.55. The molecular weight excluding hydrogens is 721 g/mol. The predicted molar refractivity (Wildman–Crippen MR) is 205 cm³/mol. The summed E-state index contributed by atoms with van der Waals surface area (Å²) in [6.07, 6.45) is 6.33. The van der Waals surface area contributed by atoms with Gasteiger partial charge in [-0.15, -0.1) is 0 Å². The van der Waals surface area contributed by atoms with Crippen molar-refractivity contribution in [1.82, 2.24) is 29.3 Å². The number of aromatic nitrogens is 6. The number of nitrogen functional groups attached to an aromatic ring is 1. The smallest absolute Gasteiger partial charge is 0.310 e. The number of ether oxygens (including phenoxy) is 3. The number of halogens is 1. The Balaban J connectivity index is 1.42. The van der Waals surface area contributed by atoms with Gasteiger partial charge < -0.3 is 19.9 Å². The topological polar surface area (TPSA) is 183 Å². The van der Waals surface area contributed by atoms with Crippen LogP contribution in [-0.2, 0) is 48.7 Å². The van der Waals surface area contributed by atoms with Crippen molar-refractivity contribution in [3.05, 3.63) is 93.7 Å². The molecule has 14 nitrogen and oxygen atoms in total. The number of anilines is 1. The lowest BCUT2D eigenvalue weighted by Crippen LogP contribution is -2.31. The minimum atomic E-state index is -1.27. The first kappa shape index (κ1) is 39.7. The summed E-state index contributed by atoms with van der Waals surface area (Å²) in [6.45, 7) is 9.65. The largest absolute Gasteiger partial charge is 0.460 e. The Labute approximate surface area is 323 Å². The van der Waals surface area contributed by atoms with Gasteiger partial charge in [-0.2, -0.15) is 15.1 Å². The Morgan fingerprint density at radius 3 is 2.25 bits per heavy atom. The van der Waals surface area contributed by atoms with Crippen LogP contribution in [0.5, 0.6) is 0 Å². The molecule has 0 saturated heterocycles. The molecule has 0 amide bonds. The number of hydrogen-bond acceptors (Lipinski definition) is 12. The maximum Gasteiger partial charge on any atom is 0.310 e. The quantitative estimate of drug-likeness (QED) is 0.118. The summed E-state index contributed by atoms with van der Waals surface area (Å²) < 4.78 is 35.4. The lowest BCUT2D eigenvalue weighted by atomic mass is 10.0. The van der Waals surface area contributed by atoms with Crippen LogP contribution in [0.25, 0.3) is 27.8 Å². The molecule has 1 aliphatic rings. The monoisotopic (exact) mass is 767 g/mol. The van der Waals surface area contributed by atoms with E-state index in [1.165, 1.54) is 16.8 Å². The second kappa shape index (κ2) is 15.6. The number of aryl methyl sites for hydroxylation is 1. The van der Waals surface area contributed by atoms with E-state index >= 15 is 4.39 Å². The van der Waals surface area contributed by atoms with Gasteiger partial charge in [-0.05, 0) is 95.0 Å². The molecule has 0 spiro atoms. The van der Waals surface area contributed by atoms with Crippen LogP contribution in [0.1, 0.15) is 95.7 Å². The molecule has 0 unspecified atom stereocenters. The highest BCUT2D eigenvalue weighted by atomic mass is 19.1. The number of rotatable bonds is 12. The molecule has 6 rings (SSSR count). The van der Waals surface area contributed by atoms with Gasteiger partial charge in [0.2, 0.25) is 5.95 Å². The number of nitrogens with two attached hydrogens (primary N) is 1. The van der Waals surface area contributed by atoms with Crippen molar-refractivity contribution >= 4 is 34.6 Å². The van der Waals surface area contributed by atoms with Crippen molar-refractivity contribution in [1.29, 1.82) is 0 Å². The summed E-state index contributed by atoms with van der Waals surface area (Å²) in [5, 5.41) is 4.57. The Bertz CT molecular complexity index is 2340. The second-order valence-electron chi connectivity index (χ2n) is 16.1. The standard InChI is InChI=1S/C41H46FN7O7/c1-40(2,3)55-33(50)18-27(19-34(51)56-41(4,5)6)38(53)54-22-29-28(36-45-32(46-39(43)47-36)15-23-20-44-48(7)21-23)9-8-10-31(29)49-14-13-25-16-26(24-11-12-24)17-30(42)35(25)37(49)52/h8-10,13-14,16-17,20-21,24,27H,11-12,15,18-19,22H2,1-7H3,(H2,43,45,46,47). The first-order valence-corrected chi connectivity index (χ1v) is 18.4. The Hall–Kier alpha value is -5.99. The molecule has 294 valence electrons. The molecule has 56 heavy (non-hydrogen) atoms. The van der Waals surface area contributed by atoms with E-state index < -0.39 is 65.9 Å². The maximum atomic E-state index is 15.7. The first-order chi connectivity index (χ1) is 26.3. The van der Waals surface area contributed by atoms with Crippen LogP contribution in [0.15, 0.2) is 59.8 Å². The molecule has 1 aliphatic carbocycles. The van der Waals surface area contributed by atoms with Crippen molar-refractivity contribution in [2.75, 3.05) is 5.73 Å². The van der Waals surface area contributed by atoms with Crippen LogP contribution in [0.4, 0.5) is 10.3 Å². The molecule has 2 aromatic carbocycles. The number of nitrogens with zero attached hydrogens (tertiary/aromatic N) is 6. The van der Waals surface area contributed by atoms with Gasteiger partial charge in [0.1, 0.15) is 29.5 Å². The molecule has 5 aromatic rings. The number of fused-ring (bicyclic) bond motifs is 1. The molecule has 0 aliphatic heterocycles. The normalized spacial score (nSPS) is 13.2. The van der Waals surface area contributed by atoms with Gasteiger partial charge in [0.15, 0.2) is 5.82 Å². The van der Waals surface area contributed by atoms with E-state index in [9.17, 15) is 19.2 Å². The molecule has 0 radical (unpaired) electrons. The average Bonchev–Trinajstić information content (AvgIpc) is 3.86. The molecule has 1 fully saturated rings. The van der Waals surface area contributed by atoms with Gasteiger partial charge in [0.05, 0.1) is 36.0 Å². The van der Waals surface area contributed by atoms with E-state index in [2.05, 4.69) is 20.1 Å². The fourth-order valence-corrected chi connectivity index (χ4v) is 6.41. The Morgan fingerprint density at radius 2 is 1.64 bits per heavy atom. The Kier molecular flexibility index (Phi) is 11.1. The van der Waals surface area contributed by atoms with Crippen LogP contribution >= 0.6 is 0 Å². The summed E-state index contributed by atoms with van der Waals surface area (Å²) in [6, 6.07) is 9.87. The zero-order chi connectivity index (χ0) is 40.5. The van der Waals surface area contributed by atoms with E-state index in [1.807, 2.05) is 12.3 Å². The van der Waals surface area contributed by atoms with E-state index in [-0.39, 0.29) is 40.7 Å². The number of hydrogen-bond donors (Lipinski definition) is 1. The summed E-state index contributed by atoms with van der Waals surface area (Å²) in [4.78, 5) is 67.3. The maximum absolute atomic E-state index is 15.7. The fraction of sp³-hybridized carbons (Fsp3) is 0.415. The van der Waals surface area contributed by atoms with Crippen LogP contribution in [0, 0.1) is 11.7 Å². The van der Waals surface area contributed by atoms with Gasteiger partial charge in [-0.3, -0.25) is 28.4 Å². The molecule has 3 aromatic heterocycles. The number of pyridine rings is 1. The van der Waals surface area contributed by atoms with Crippen molar-refractivity contribution in [3.8, 4) is 17.1 Å². The van der Waals surface area contributed by atoms with Crippen LogP contribution < -0.4 is 11.3 Å². The van der Waals surface area contributed by atoms with E-state index in [0.717, 1.165) is 24.0 Å². The average molecular weight is 768 g/mol. The molecular formula is C41H46FN7O7. The summed E-state index contributed by atoms with van der Waals surface area (Å²) >= 11 is 0. The Morgan fingerprint density at radius 1 is 0.964 bits per heavy atom. The second-order valence-corrected chi connectivity index (χ2v) is 16.1. The lowest BCUT2D eigenvalue weighted by molar-refractivity contribution is -0.166. The highest BCUT2D eigenvalue weighted by Crippen LogP contribution is 2.41. The van der Waals surface area contributed by atoms with Gasteiger partial charge >= 0.3 is 17.9 Å². The van der Waals surface area contributed by atoms with Gasteiger partial charge in [-0.1, -0.05) is 18.2 Å². The third-order valence-electron chi connectivity index (χ3n) is 8.86. The molecule has 0 bridgehead atoms. The molecule has 15 heteroatoms. The first-order valence-electron chi connectivity index (χ1n) is 18.4. The highest BCUT2D eigenvalue weighted by molar-refractivity contribution is 5.85. The van der Waals surface area contributed by atoms with E-state index in [4.69, 9.17) is 19.9 Å². The minimum absolute atomic E-state index is 0.0755. The van der Waals surface area contributed by atoms with E-state index in [1.54, 1.807) is 83.7 Å². The SMILES string of the molecule is Cn1cc(Cc2nc(N)nc(-c3cccc(-n4ccc5cc(C6CC6)cc(F)c5c4=O)c3COC(=O)C(CC(=O)OC(C)(C)C)CC(=O)OC(C)(C)C)n2)cn1. The zero-order valence-electron chi connectivity index (χ0n) is 32.6. The predicted octanol–water partition coefficient (Wildman–Crippen LogP) is 5.89. The van der Waals surface area contributed by atoms with Crippen molar-refractivity contribution in [3.63, 3.8) is 0 Å². The van der Waals surface area contributed by atoms with Crippen LogP contribution in [0.2, 0.25) is 0 Å². The minimum Gasteiger partial charge on any atom is -0.460 e. The fourth-order valence-electron chi connectivity index (χ4n) is 6.41. The summed E-state index contributed by atoms with van der Waals surface area (Å²) in [7, 11) is 1.79.